The molecule has 0 saturated heterocycles. The van der Waals surface area contributed by atoms with Crippen LogP contribution in [0.3, 0.4) is 0 Å². The Bertz CT molecular complexity index is 540. The molecule has 0 aliphatic rings. The Morgan fingerprint density at radius 3 is 2.83 bits per heavy atom. The largest absolute Gasteiger partial charge is 0.482 e. The number of ether oxygens (including phenoxy) is 1. The maximum absolute atomic E-state index is 6.10. The summed E-state index contributed by atoms with van der Waals surface area (Å²) in [4.78, 5) is 4.04. The number of halogens is 1. The highest BCUT2D eigenvalue weighted by Crippen LogP contribution is 2.27. The average Bonchev–Trinajstić information content (AvgIpc) is 2.73. The predicted molar refractivity (Wildman–Crippen MR) is 67.4 cm³/mol. The molecule has 1 atom stereocenters. The summed E-state index contributed by atoms with van der Waals surface area (Å²) in [6, 6.07) is 5.39. The van der Waals surface area contributed by atoms with Crippen LogP contribution in [0.5, 0.6) is 5.75 Å². The summed E-state index contributed by atoms with van der Waals surface area (Å²) < 4.78 is 10.4. The molecule has 0 aliphatic heterocycles. The van der Waals surface area contributed by atoms with Crippen LogP contribution in [0.25, 0.3) is 0 Å². The molecule has 6 heteroatoms. The van der Waals surface area contributed by atoms with Gasteiger partial charge < -0.3 is 15.0 Å². The van der Waals surface area contributed by atoms with Crippen molar-refractivity contribution in [2.24, 2.45) is 5.73 Å². The van der Waals surface area contributed by atoms with Crippen molar-refractivity contribution in [3.8, 4) is 5.75 Å². The first kappa shape index (κ1) is 12.9. The Kier molecular flexibility index (Phi) is 3.84. The van der Waals surface area contributed by atoms with Crippen molar-refractivity contribution >= 4 is 11.6 Å². The monoisotopic (exact) mass is 267 g/mol. The van der Waals surface area contributed by atoms with Gasteiger partial charge in [-0.2, -0.15) is 4.98 Å². The minimum absolute atomic E-state index is 0.0601. The van der Waals surface area contributed by atoms with E-state index in [-0.39, 0.29) is 12.6 Å². The van der Waals surface area contributed by atoms with Gasteiger partial charge in [0.25, 0.3) is 5.89 Å². The van der Waals surface area contributed by atoms with Crippen LogP contribution in [0.15, 0.2) is 22.7 Å². The minimum Gasteiger partial charge on any atom is -0.482 e. The molecule has 0 unspecified atom stereocenters. The lowest BCUT2D eigenvalue weighted by atomic mass is 10.1. The second kappa shape index (κ2) is 5.37. The van der Waals surface area contributed by atoms with Gasteiger partial charge in [0.05, 0.1) is 5.02 Å². The van der Waals surface area contributed by atoms with Crippen molar-refractivity contribution in [2.75, 3.05) is 0 Å². The number of hydrogen-bond donors (Lipinski definition) is 1. The first-order valence-electron chi connectivity index (χ1n) is 5.53. The van der Waals surface area contributed by atoms with Crippen LogP contribution < -0.4 is 10.5 Å². The van der Waals surface area contributed by atoms with Gasteiger partial charge in [-0.15, -0.1) is 0 Å². The zero-order valence-corrected chi connectivity index (χ0v) is 10.9. The van der Waals surface area contributed by atoms with E-state index >= 15 is 0 Å². The molecule has 2 N–H and O–H groups in total. The smallest absolute Gasteiger partial charge is 0.264 e. The van der Waals surface area contributed by atoms with Crippen molar-refractivity contribution in [3.05, 3.63) is 40.5 Å². The fourth-order valence-electron chi connectivity index (χ4n) is 1.46. The van der Waals surface area contributed by atoms with E-state index in [0.29, 0.717) is 22.5 Å². The lowest BCUT2D eigenvalue weighted by molar-refractivity contribution is 0.242. The van der Waals surface area contributed by atoms with Crippen molar-refractivity contribution in [3.63, 3.8) is 0 Å². The van der Waals surface area contributed by atoms with E-state index in [2.05, 4.69) is 10.1 Å². The molecule has 18 heavy (non-hydrogen) atoms. The van der Waals surface area contributed by atoms with Crippen LogP contribution in [0, 0.1) is 6.92 Å². The van der Waals surface area contributed by atoms with E-state index in [4.69, 9.17) is 26.6 Å². The Morgan fingerprint density at radius 1 is 1.50 bits per heavy atom. The third kappa shape index (κ3) is 3.00. The molecule has 2 rings (SSSR count). The van der Waals surface area contributed by atoms with Gasteiger partial charge in [-0.1, -0.05) is 22.8 Å². The number of hydrogen-bond acceptors (Lipinski definition) is 5. The first-order chi connectivity index (χ1) is 8.56. The normalized spacial score (nSPS) is 12.4. The van der Waals surface area contributed by atoms with Crippen molar-refractivity contribution in [1.29, 1.82) is 0 Å². The molecule has 0 radical (unpaired) electrons. The Labute approximate surface area is 110 Å². The molecule has 96 valence electrons. The zero-order chi connectivity index (χ0) is 13.1. The third-order valence-electron chi connectivity index (χ3n) is 2.40. The number of nitrogens with zero attached hydrogens (tertiary/aromatic N) is 2. The lowest BCUT2D eigenvalue weighted by Crippen LogP contribution is -2.05. The van der Waals surface area contributed by atoms with Crippen LogP contribution in [0.1, 0.15) is 30.2 Å². The lowest BCUT2D eigenvalue weighted by Gasteiger charge is -2.09. The van der Waals surface area contributed by atoms with E-state index in [9.17, 15) is 0 Å². The van der Waals surface area contributed by atoms with Crippen LogP contribution >= 0.6 is 11.6 Å². The first-order valence-corrected chi connectivity index (χ1v) is 5.91. The molecule has 0 amide bonds. The highest BCUT2D eigenvalue weighted by molar-refractivity contribution is 6.32. The zero-order valence-electron chi connectivity index (χ0n) is 10.2. The summed E-state index contributed by atoms with van der Waals surface area (Å²) >= 11 is 6.10. The summed E-state index contributed by atoms with van der Waals surface area (Å²) in [6.07, 6.45) is 0. The summed E-state index contributed by atoms with van der Waals surface area (Å²) in [5.74, 6) is 1.56. The van der Waals surface area contributed by atoms with Crippen LogP contribution in [0.2, 0.25) is 5.02 Å². The molecule has 0 bridgehead atoms. The van der Waals surface area contributed by atoms with Crippen LogP contribution in [-0.4, -0.2) is 10.1 Å². The van der Waals surface area contributed by atoms with Gasteiger partial charge in [0.15, 0.2) is 12.4 Å². The highest BCUT2D eigenvalue weighted by Gasteiger charge is 2.08. The summed E-state index contributed by atoms with van der Waals surface area (Å²) in [6.45, 7) is 3.84. The fraction of sp³-hybridized carbons (Fsp3) is 0.333. The molecule has 0 saturated carbocycles. The van der Waals surface area contributed by atoms with E-state index in [1.807, 2.05) is 13.0 Å². The second-order valence-electron chi connectivity index (χ2n) is 4.00. The summed E-state index contributed by atoms with van der Waals surface area (Å²) in [5, 5.41) is 4.19. The van der Waals surface area contributed by atoms with Gasteiger partial charge in [-0.3, -0.25) is 0 Å². The van der Waals surface area contributed by atoms with Gasteiger partial charge in [0.2, 0.25) is 0 Å². The van der Waals surface area contributed by atoms with E-state index in [1.54, 1.807) is 19.1 Å². The van der Waals surface area contributed by atoms with E-state index < -0.39 is 0 Å². The van der Waals surface area contributed by atoms with Gasteiger partial charge >= 0.3 is 0 Å². The van der Waals surface area contributed by atoms with Crippen molar-refractivity contribution in [2.45, 2.75) is 26.5 Å². The number of aryl methyl sites for hydroxylation is 1. The molecule has 0 aliphatic carbocycles. The van der Waals surface area contributed by atoms with Crippen LogP contribution in [-0.2, 0) is 6.61 Å². The molecule has 2 aromatic rings. The Hall–Kier alpha value is -1.59. The van der Waals surface area contributed by atoms with Gasteiger partial charge in [-0.25, -0.2) is 0 Å². The summed E-state index contributed by atoms with van der Waals surface area (Å²) in [5.41, 5.74) is 6.73. The molecule has 5 nitrogen and oxygen atoms in total. The maximum Gasteiger partial charge on any atom is 0.264 e. The quantitative estimate of drug-likeness (QED) is 0.922. The second-order valence-corrected chi connectivity index (χ2v) is 4.41. The fourth-order valence-corrected chi connectivity index (χ4v) is 1.70. The minimum atomic E-state index is -0.0601. The molecule has 1 aromatic heterocycles. The number of nitrogens with two attached hydrogens (primary N) is 1. The molecule has 1 aromatic carbocycles. The van der Waals surface area contributed by atoms with E-state index in [1.165, 1.54) is 0 Å². The average molecular weight is 268 g/mol. The number of aromatic nitrogens is 2. The topological polar surface area (TPSA) is 74.2 Å². The Morgan fingerprint density at radius 2 is 2.28 bits per heavy atom. The van der Waals surface area contributed by atoms with Crippen LogP contribution in [0.4, 0.5) is 0 Å². The molecular formula is C12H14ClN3O2. The van der Waals surface area contributed by atoms with Gasteiger partial charge in [-0.05, 0) is 31.5 Å². The maximum atomic E-state index is 6.10. The highest BCUT2D eigenvalue weighted by atomic mass is 35.5. The number of rotatable bonds is 4. The molecule has 1 heterocycles. The van der Waals surface area contributed by atoms with E-state index in [0.717, 1.165) is 5.56 Å². The molecule has 0 spiro atoms. The molecule has 0 fully saturated rings. The Balaban J connectivity index is 2.05. The standard InChI is InChI=1S/C12H14ClN3O2/c1-7(14)9-3-4-11(10(13)5-9)17-6-12-15-8(2)16-18-12/h3-5,7H,6,14H2,1-2H3/t7-/m1/s1. The predicted octanol–water partition coefficient (Wildman–Crippen LogP) is 2.63. The third-order valence-corrected chi connectivity index (χ3v) is 2.70. The van der Waals surface area contributed by atoms with Crippen molar-refractivity contribution in [1.82, 2.24) is 10.1 Å². The summed E-state index contributed by atoms with van der Waals surface area (Å²) in [7, 11) is 0. The van der Waals surface area contributed by atoms with Gasteiger partial charge in [0.1, 0.15) is 5.75 Å². The van der Waals surface area contributed by atoms with Crippen molar-refractivity contribution < 1.29 is 9.26 Å². The van der Waals surface area contributed by atoms with Gasteiger partial charge in [0, 0.05) is 6.04 Å². The number of benzene rings is 1. The molecular weight excluding hydrogens is 254 g/mol. The SMILES string of the molecule is Cc1noc(COc2ccc([C@@H](C)N)cc2Cl)n1.